The van der Waals surface area contributed by atoms with Gasteiger partial charge in [-0.15, -0.1) is 23.1 Å². The summed E-state index contributed by atoms with van der Waals surface area (Å²) >= 11 is 5.49. The predicted molar refractivity (Wildman–Crippen MR) is 118 cm³/mol. The molecule has 0 saturated carbocycles. The topological polar surface area (TPSA) is 184 Å². The molecule has 0 radical (unpaired) electrons. The first-order valence-corrected chi connectivity index (χ1v) is 11.5. The summed E-state index contributed by atoms with van der Waals surface area (Å²) in [6.45, 7) is 0. The Kier molecular flexibility index (Phi) is 6.03. The molecule has 4 heterocycles. The molecular formula is C17H13BrN6O6S2. The minimum atomic E-state index is -1.28. The van der Waals surface area contributed by atoms with Gasteiger partial charge in [0.05, 0.1) is 0 Å². The Morgan fingerprint density at radius 3 is 2.81 bits per heavy atom. The van der Waals surface area contributed by atoms with E-state index in [4.69, 9.17) is 10.3 Å². The predicted octanol–water partition coefficient (Wildman–Crippen LogP) is 1.11. The Balaban J connectivity index is 1.52. The van der Waals surface area contributed by atoms with Gasteiger partial charge in [-0.3, -0.25) is 14.5 Å². The number of hydrogen-bond donors (Lipinski definition) is 4. The lowest BCUT2D eigenvalue weighted by atomic mass is 10.0. The highest BCUT2D eigenvalue weighted by atomic mass is 79.9. The summed E-state index contributed by atoms with van der Waals surface area (Å²) in [4.78, 5) is 42.1. The van der Waals surface area contributed by atoms with E-state index in [0.29, 0.717) is 15.9 Å². The van der Waals surface area contributed by atoms with Gasteiger partial charge in [-0.1, -0.05) is 16.4 Å². The van der Waals surface area contributed by atoms with E-state index in [-0.39, 0.29) is 22.3 Å². The molecule has 0 aromatic carbocycles. The molecule has 1 saturated heterocycles. The fraction of sp³-hybridized carbons (Fsp3) is 0.176. The van der Waals surface area contributed by atoms with Crippen LogP contribution in [-0.4, -0.2) is 66.0 Å². The molecule has 2 aromatic heterocycles. The zero-order valence-corrected chi connectivity index (χ0v) is 19.0. The number of carbonyl (C=O) groups excluding carboxylic acids is 2. The highest BCUT2D eigenvalue weighted by molar-refractivity contribution is 9.10. The van der Waals surface area contributed by atoms with E-state index in [1.807, 2.05) is 0 Å². The second kappa shape index (κ2) is 8.76. The molecular weight excluding hydrogens is 528 g/mol. The number of allylic oxidation sites excluding steroid dienone is 1. The van der Waals surface area contributed by atoms with E-state index < -0.39 is 34.9 Å². The van der Waals surface area contributed by atoms with Crippen LogP contribution in [0.2, 0.25) is 0 Å². The molecule has 5 N–H and O–H groups in total. The third kappa shape index (κ3) is 4.01. The van der Waals surface area contributed by atoms with Gasteiger partial charge in [0.25, 0.3) is 11.8 Å². The van der Waals surface area contributed by atoms with Crippen molar-refractivity contribution in [1.82, 2.24) is 20.4 Å². The maximum absolute atomic E-state index is 12.7. The molecule has 2 amide bonds. The Hall–Kier alpha value is -3.17. The third-order valence-corrected chi connectivity index (χ3v) is 6.86. The van der Waals surface area contributed by atoms with Crippen LogP contribution in [0, 0.1) is 0 Å². The monoisotopic (exact) mass is 540 g/mol. The van der Waals surface area contributed by atoms with Gasteiger partial charge in [-0.05, 0) is 27.6 Å². The molecule has 32 heavy (non-hydrogen) atoms. The number of anilines is 1. The van der Waals surface area contributed by atoms with E-state index >= 15 is 0 Å². The van der Waals surface area contributed by atoms with Crippen LogP contribution in [0.1, 0.15) is 11.5 Å². The van der Waals surface area contributed by atoms with Crippen molar-refractivity contribution in [2.45, 2.75) is 11.4 Å². The highest BCUT2D eigenvalue weighted by Gasteiger charge is 2.54. The third-order valence-electron chi connectivity index (χ3n) is 4.52. The zero-order valence-electron chi connectivity index (χ0n) is 15.8. The number of halogens is 1. The number of aromatic nitrogens is 2. The number of oxime groups is 1. The van der Waals surface area contributed by atoms with Crippen molar-refractivity contribution in [2.75, 3.05) is 11.5 Å². The van der Waals surface area contributed by atoms with Gasteiger partial charge in [0.15, 0.2) is 16.6 Å². The molecule has 0 aliphatic carbocycles. The zero-order chi connectivity index (χ0) is 23.0. The minimum absolute atomic E-state index is 0.0602. The van der Waals surface area contributed by atoms with Gasteiger partial charge in [-0.2, -0.15) is 0 Å². The molecule has 2 aliphatic heterocycles. The van der Waals surface area contributed by atoms with E-state index in [2.05, 4.69) is 36.5 Å². The minimum Gasteiger partial charge on any atom is -0.477 e. The lowest BCUT2D eigenvalue weighted by molar-refractivity contribution is -0.150. The quantitative estimate of drug-likeness (QED) is 0.179. The summed E-state index contributed by atoms with van der Waals surface area (Å²) in [6.07, 6.45) is 3.09. The molecule has 166 valence electrons. The van der Waals surface area contributed by atoms with Crippen molar-refractivity contribution in [3.63, 3.8) is 0 Å². The molecule has 2 aliphatic rings. The molecule has 0 bridgehead atoms. The number of carbonyl (C=O) groups is 3. The first-order chi connectivity index (χ1) is 15.3. The molecule has 4 rings (SSSR count). The summed E-state index contributed by atoms with van der Waals surface area (Å²) < 4.78 is 5.52. The van der Waals surface area contributed by atoms with E-state index in [0.717, 1.165) is 16.2 Å². The van der Waals surface area contributed by atoms with Crippen LogP contribution in [-0.2, 0) is 14.4 Å². The van der Waals surface area contributed by atoms with Gasteiger partial charge in [-0.25, -0.2) is 9.78 Å². The number of β-lactam (4-membered cyclic amide) rings is 1. The molecule has 0 unspecified atom stereocenters. The number of aliphatic carboxylic acids is 1. The van der Waals surface area contributed by atoms with E-state index in [9.17, 15) is 24.7 Å². The number of nitrogens with one attached hydrogen (secondary N) is 1. The van der Waals surface area contributed by atoms with Gasteiger partial charge < -0.3 is 25.9 Å². The van der Waals surface area contributed by atoms with Gasteiger partial charge in [0.2, 0.25) is 0 Å². The van der Waals surface area contributed by atoms with Crippen molar-refractivity contribution in [1.29, 1.82) is 0 Å². The molecule has 0 spiro atoms. The smallest absolute Gasteiger partial charge is 0.352 e. The first kappa shape index (κ1) is 22.0. The number of carboxylic acid groups (broad SMARTS) is 1. The molecule has 2 atom stereocenters. The van der Waals surface area contributed by atoms with Crippen molar-refractivity contribution in [3.8, 4) is 0 Å². The van der Waals surface area contributed by atoms with Crippen molar-refractivity contribution < 1.29 is 29.2 Å². The Morgan fingerprint density at radius 1 is 1.44 bits per heavy atom. The Labute approximate surface area is 195 Å². The van der Waals surface area contributed by atoms with Crippen LogP contribution in [0.15, 0.2) is 43.1 Å². The second-order valence-corrected chi connectivity index (χ2v) is 9.25. The second-order valence-electron chi connectivity index (χ2n) is 6.44. The average Bonchev–Trinajstić information content (AvgIpc) is 3.38. The number of thiazole rings is 1. The largest absolute Gasteiger partial charge is 0.477 e. The van der Waals surface area contributed by atoms with Crippen molar-refractivity contribution in [3.05, 3.63) is 44.8 Å². The molecule has 12 nitrogen and oxygen atoms in total. The van der Waals surface area contributed by atoms with Gasteiger partial charge in [0, 0.05) is 17.2 Å². The summed E-state index contributed by atoms with van der Waals surface area (Å²) in [5, 5.41) is 29.0. The van der Waals surface area contributed by atoms with Crippen molar-refractivity contribution in [2.24, 2.45) is 5.16 Å². The van der Waals surface area contributed by atoms with Crippen LogP contribution in [0.3, 0.4) is 0 Å². The number of nitrogen functional groups attached to an aromatic ring is 1. The number of carboxylic acids is 1. The fourth-order valence-electron chi connectivity index (χ4n) is 3.12. The number of thioether (sulfide) groups is 1. The van der Waals surface area contributed by atoms with Gasteiger partial charge in [0.1, 0.15) is 27.4 Å². The number of hydrogen-bond acceptors (Lipinski definition) is 11. The number of fused-ring (bicyclic) bond motifs is 1. The summed E-state index contributed by atoms with van der Waals surface area (Å²) in [5.74, 6) is -2.03. The summed E-state index contributed by atoms with van der Waals surface area (Å²) in [7, 11) is 0. The van der Waals surface area contributed by atoms with E-state index in [1.165, 1.54) is 17.1 Å². The molecule has 2 aromatic rings. The van der Waals surface area contributed by atoms with E-state index in [1.54, 1.807) is 18.2 Å². The maximum atomic E-state index is 12.7. The van der Waals surface area contributed by atoms with Crippen LogP contribution >= 0.6 is 39.0 Å². The van der Waals surface area contributed by atoms with Crippen LogP contribution in [0.25, 0.3) is 6.08 Å². The number of nitrogens with two attached hydrogens (primary N) is 1. The Morgan fingerprint density at radius 2 is 2.22 bits per heavy atom. The van der Waals surface area contributed by atoms with Gasteiger partial charge >= 0.3 is 5.97 Å². The first-order valence-electron chi connectivity index (χ1n) is 8.76. The van der Waals surface area contributed by atoms with Crippen molar-refractivity contribution >= 4 is 73.7 Å². The maximum Gasteiger partial charge on any atom is 0.352 e. The molecule has 1 fully saturated rings. The number of amides is 2. The lowest BCUT2D eigenvalue weighted by Crippen LogP contribution is -2.71. The Bertz CT molecular complexity index is 1200. The number of nitrogens with zero attached hydrogens (tertiary/aromatic N) is 4. The standard InChI is InChI=1S/C17H13BrN6O6S2/c18-9-3-7(30-23-9)2-1-6-4-31-15-11(14(26)24(15)12(6)16(27)28)21-13(25)10(22-29)8-5-32-17(19)20-8/h1-3,5,11,15,29H,4H2,(H2,19,20)(H,21,25)(H,27,28)/b2-1-,22-10-/t11-,15-/m1/s1. The number of rotatable bonds is 6. The summed E-state index contributed by atoms with van der Waals surface area (Å²) in [5.41, 5.74) is 5.42. The highest BCUT2D eigenvalue weighted by Crippen LogP contribution is 2.40. The fourth-order valence-corrected chi connectivity index (χ4v) is 5.28. The SMILES string of the molecule is Nc1nc(/C(=N/O)C(=O)N[C@@H]2C(=O)N3C(C(=O)O)=C(/C=C\c4cc(Br)no4)CS[C@H]23)cs1. The normalized spacial score (nSPS) is 21.0. The molecule has 15 heteroatoms. The summed E-state index contributed by atoms with van der Waals surface area (Å²) in [6, 6.07) is 0.609. The lowest BCUT2D eigenvalue weighted by Gasteiger charge is -2.49. The average molecular weight is 541 g/mol. The van der Waals surface area contributed by atoms with Crippen LogP contribution in [0.4, 0.5) is 5.13 Å². The van der Waals surface area contributed by atoms with Crippen LogP contribution in [0.5, 0.6) is 0 Å². The van der Waals surface area contributed by atoms with Crippen LogP contribution < -0.4 is 11.1 Å².